The fourth-order valence-electron chi connectivity index (χ4n) is 2.78. The molecule has 2 heterocycles. The summed E-state index contributed by atoms with van der Waals surface area (Å²) in [4.78, 5) is 20.7. The molecule has 1 amide bonds. The van der Waals surface area contributed by atoms with E-state index in [0.29, 0.717) is 11.6 Å². The van der Waals surface area contributed by atoms with E-state index in [-0.39, 0.29) is 0 Å². The molecule has 1 atom stereocenters. The van der Waals surface area contributed by atoms with Crippen molar-refractivity contribution >= 4 is 17.5 Å². The van der Waals surface area contributed by atoms with Gasteiger partial charge in [0.1, 0.15) is 18.2 Å². The van der Waals surface area contributed by atoms with Gasteiger partial charge >= 0.3 is 0 Å². The molecule has 0 aliphatic heterocycles. The van der Waals surface area contributed by atoms with Gasteiger partial charge < -0.3 is 11.1 Å². The molecule has 2 aromatic heterocycles. The molecule has 4 aromatic rings. The molecule has 4 rings (SSSR count). The Morgan fingerprint density at radius 1 is 1.04 bits per heavy atom. The number of hydrogen-bond acceptors (Lipinski definition) is 5. The normalized spacial score (nSPS) is 12.0. The first-order valence-corrected chi connectivity index (χ1v) is 8.09. The van der Waals surface area contributed by atoms with Gasteiger partial charge in [0.15, 0.2) is 0 Å². The number of primary amides is 1. The highest BCUT2D eigenvalue weighted by Gasteiger charge is 2.20. The summed E-state index contributed by atoms with van der Waals surface area (Å²) in [5, 5.41) is 7.37. The Morgan fingerprint density at radius 2 is 1.73 bits per heavy atom. The molecular formula is C19H16N6O. The molecular weight excluding hydrogens is 328 g/mol. The summed E-state index contributed by atoms with van der Waals surface area (Å²) in [6, 6.07) is 20.2. The molecule has 1 unspecified atom stereocenters. The van der Waals surface area contributed by atoms with Crippen molar-refractivity contribution < 1.29 is 4.79 Å². The predicted molar refractivity (Wildman–Crippen MR) is 98.2 cm³/mol. The zero-order valence-corrected chi connectivity index (χ0v) is 13.8. The number of hydrogen-bond donors (Lipinski definition) is 2. The maximum absolute atomic E-state index is 12.0. The van der Waals surface area contributed by atoms with E-state index < -0.39 is 11.9 Å². The Labute approximate surface area is 149 Å². The Hall–Kier alpha value is -3.74. The standard InChI is InChI=1S/C19H16N6O/c20-18(26)17(14-9-5-2-6-10-14)24-16-11-15(13-7-3-1-4-8-13)23-19-21-12-22-25(16)19/h1-12,17,24H,(H2,20,26). The van der Waals surface area contributed by atoms with Crippen LogP contribution in [0.4, 0.5) is 5.82 Å². The van der Waals surface area contributed by atoms with E-state index in [1.54, 1.807) is 4.52 Å². The molecule has 3 N–H and O–H groups in total. The third-order valence-electron chi connectivity index (χ3n) is 4.03. The van der Waals surface area contributed by atoms with Crippen molar-refractivity contribution in [3.63, 3.8) is 0 Å². The average molecular weight is 344 g/mol. The van der Waals surface area contributed by atoms with Crippen molar-refractivity contribution in [1.82, 2.24) is 19.6 Å². The molecule has 2 aromatic carbocycles. The largest absolute Gasteiger partial charge is 0.368 e. The monoisotopic (exact) mass is 344 g/mol. The second kappa shape index (κ2) is 6.64. The lowest BCUT2D eigenvalue weighted by molar-refractivity contribution is -0.118. The van der Waals surface area contributed by atoms with Crippen LogP contribution in [0.25, 0.3) is 17.0 Å². The number of rotatable bonds is 5. The summed E-state index contributed by atoms with van der Waals surface area (Å²) in [6.45, 7) is 0. The minimum atomic E-state index is -0.699. The molecule has 0 fully saturated rings. The summed E-state index contributed by atoms with van der Waals surface area (Å²) in [7, 11) is 0. The number of nitrogens with zero attached hydrogens (tertiary/aromatic N) is 4. The van der Waals surface area contributed by atoms with Crippen molar-refractivity contribution in [2.24, 2.45) is 5.73 Å². The number of aromatic nitrogens is 4. The van der Waals surface area contributed by atoms with Crippen LogP contribution in [0, 0.1) is 0 Å². The average Bonchev–Trinajstić information content (AvgIpc) is 3.16. The minimum absolute atomic E-state index is 0.435. The third-order valence-corrected chi connectivity index (χ3v) is 4.03. The number of nitrogens with two attached hydrogens (primary N) is 1. The maximum Gasteiger partial charge on any atom is 0.254 e. The number of fused-ring (bicyclic) bond motifs is 1. The molecule has 0 aliphatic rings. The summed E-state index contributed by atoms with van der Waals surface area (Å²) >= 11 is 0. The molecule has 0 bridgehead atoms. The minimum Gasteiger partial charge on any atom is -0.368 e. The molecule has 26 heavy (non-hydrogen) atoms. The van der Waals surface area contributed by atoms with E-state index in [0.717, 1.165) is 16.8 Å². The van der Waals surface area contributed by atoms with Gasteiger partial charge in [0.25, 0.3) is 5.78 Å². The summed E-state index contributed by atoms with van der Waals surface area (Å²) in [5.74, 6) is 0.534. The Balaban J connectivity index is 1.80. The lowest BCUT2D eigenvalue weighted by atomic mass is 10.1. The number of anilines is 1. The van der Waals surface area contributed by atoms with E-state index in [1.807, 2.05) is 66.7 Å². The topological polar surface area (TPSA) is 98.2 Å². The molecule has 0 saturated heterocycles. The smallest absolute Gasteiger partial charge is 0.254 e. The first kappa shape index (κ1) is 15.8. The van der Waals surface area contributed by atoms with Crippen LogP contribution in [-0.2, 0) is 4.79 Å². The van der Waals surface area contributed by atoms with Gasteiger partial charge in [-0.2, -0.15) is 14.6 Å². The highest BCUT2D eigenvalue weighted by molar-refractivity contribution is 5.84. The van der Waals surface area contributed by atoms with Gasteiger partial charge in [-0.3, -0.25) is 4.79 Å². The predicted octanol–water partition coefficient (Wildman–Crippen LogP) is 2.43. The van der Waals surface area contributed by atoms with Crippen LogP contribution < -0.4 is 11.1 Å². The lowest BCUT2D eigenvalue weighted by Gasteiger charge is -2.18. The van der Waals surface area contributed by atoms with Gasteiger partial charge in [-0.15, -0.1) is 0 Å². The van der Waals surface area contributed by atoms with Crippen molar-refractivity contribution in [2.75, 3.05) is 5.32 Å². The van der Waals surface area contributed by atoms with Crippen LogP contribution in [0.15, 0.2) is 73.1 Å². The molecule has 7 nitrogen and oxygen atoms in total. The molecule has 0 radical (unpaired) electrons. The van der Waals surface area contributed by atoms with Gasteiger partial charge in [-0.25, -0.2) is 4.98 Å². The van der Waals surface area contributed by atoms with Crippen LogP contribution in [-0.4, -0.2) is 25.5 Å². The molecule has 0 spiro atoms. The van der Waals surface area contributed by atoms with Gasteiger partial charge in [-0.05, 0) is 5.56 Å². The fourth-order valence-corrected chi connectivity index (χ4v) is 2.78. The Kier molecular flexibility index (Phi) is 4.03. The summed E-state index contributed by atoms with van der Waals surface area (Å²) < 4.78 is 1.55. The summed E-state index contributed by atoms with van der Waals surface area (Å²) in [6.07, 6.45) is 1.42. The van der Waals surface area contributed by atoms with Gasteiger partial charge in [0, 0.05) is 11.6 Å². The SMILES string of the molecule is NC(=O)C(Nc1cc(-c2ccccc2)nc2ncnn12)c1ccccc1. The Morgan fingerprint density at radius 3 is 2.42 bits per heavy atom. The molecule has 0 aliphatic carbocycles. The van der Waals surface area contributed by atoms with Crippen molar-refractivity contribution in [3.8, 4) is 11.3 Å². The highest BCUT2D eigenvalue weighted by Crippen LogP contribution is 2.24. The van der Waals surface area contributed by atoms with Crippen molar-refractivity contribution in [3.05, 3.63) is 78.6 Å². The van der Waals surface area contributed by atoms with Crippen LogP contribution in [0.2, 0.25) is 0 Å². The van der Waals surface area contributed by atoms with Crippen LogP contribution in [0.1, 0.15) is 11.6 Å². The van der Waals surface area contributed by atoms with Crippen LogP contribution in [0.3, 0.4) is 0 Å². The second-order valence-corrected chi connectivity index (χ2v) is 5.75. The zero-order chi connectivity index (χ0) is 17.9. The maximum atomic E-state index is 12.0. The Bertz CT molecular complexity index is 1050. The van der Waals surface area contributed by atoms with Crippen LogP contribution >= 0.6 is 0 Å². The zero-order valence-electron chi connectivity index (χ0n) is 13.8. The highest BCUT2D eigenvalue weighted by atomic mass is 16.1. The van der Waals surface area contributed by atoms with Crippen LogP contribution in [0.5, 0.6) is 0 Å². The van der Waals surface area contributed by atoms with E-state index in [1.165, 1.54) is 6.33 Å². The van der Waals surface area contributed by atoms with E-state index >= 15 is 0 Å². The number of carbonyl (C=O) groups is 1. The van der Waals surface area contributed by atoms with Gasteiger partial charge in [0.05, 0.1) is 5.69 Å². The molecule has 128 valence electrons. The second-order valence-electron chi connectivity index (χ2n) is 5.75. The van der Waals surface area contributed by atoms with Gasteiger partial charge in [-0.1, -0.05) is 60.7 Å². The van der Waals surface area contributed by atoms with Crippen molar-refractivity contribution in [2.45, 2.75) is 6.04 Å². The van der Waals surface area contributed by atoms with E-state index in [9.17, 15) is 4.79 Å². The quantitative estimate of drug-likeness (QED) is 0.579. The number of benzene rings is 2. The molecule has 7 heteroatoms. The first-order valence-electron chi connectivity index (χ1n) is 8.09. The number of carbonyl (C=O) groups excluding carboxylic acids is 1. The number of amides is 1. The third kappa shape index (κ3) is 2.98. The fraction of sp³-hybridized carbons (Fsp3) is 0.0526. The van der Waals surface area contributed by atoms with E-state index in [4.69, 9.17) is 5.73 Å². The summed E-state index contributed by atoms with van der Waals surface area (Å²) in [5.41, 5.74) is 8.06. The lowest BCUT2D eigenvalue weighted by Crippen LogP contribution is -2.28. The van der Waals surface area contributed by atoms with Gasteiger partial charge in [0.2, 0.25) is 5.91 Å². The first-order chi connectivity index (χ1) is 12.7. The van der Waals surface area contributed by atoms with E-state index in [2.05, 4.69) is 20.4 Å². The van der Waals surface area contributed by atoms with Crippen molar-refractivity contribution in [1.29, 1.82) is 0 Å². The molecule has 0 saturated carbocycles. The number of nitrogens with one attached hydrogen (secondary N) is 1.